The molecule has 0 N–H and O–H groups in total. The molecule has 5 heteroatoms. The number of aliphatic imine (C=N–C) groups is 2. The van der Waals surface area contributed by atoms with Gasteiger partial charge in [-0.15, -0.1) is 4.00 Å². The molecule has 1 unspecified atom stereocenters. The Balaban J connectivity index is 1.41. The quantitative estimate of drug-likeness (QED) is 0.503. The zero-order valence-corrected chi connectivity index (χ0v) is 17.6. The highest BCUT2D eigenvalue weighted by atomic mass is 35.5. The number of rotatable bonds is 6. The van der Waals surface area contributed by atoms with Crippen molar-refractivity contribution in [2.45, 2.75) is 38.7 Å². The highest BCUT2D eigenvalue weighted by Gasteiger charge is 2.46. The lowest BCUT2D eigenvalue weighted by molar-refractivity contribution is -0.600. The van der Waals surface area contributed by atoms with E-state index in [-0.39, 0.29) is 4.00 Å². The third-order valence-corrected chi connectivity index (χ3v) is 6.50. The molecule has 0 amide bonds. The maximum Gasteiger partial charge on any atom is 0.263 e. The van der Waals surface area contributed by atoms with Gasteiger partial charge in [0.1, 0.15) is 24.3 Å². The molecule has 0 spiro atoms. The predicted molar refractivity (Wildman–Crippen MR) is 121 cm³/mol. The van der Waals surface area contributed by atoms with Gasteiger partial charge in [-0.05, 0) is 36.1 Å². The number of hydrogen-bond donors (Lipinski definition) is 0. The SMILES string of the molecule is Cl[N+]12C=CN=CC1=C(CC1CCCC1)N=C2c1cccc(OCc2ccccc2)c1. The van der Waals surface area contributed by atoms with Crippen LogP contribution >= 0.6 is 11.8 Å². The molecule has 1 aliphatic carbocycles. The number of nitrogens with zero attached hydrogens (tertiary/aromatic N) is 3. The lowest BCUT2D eigenvalue weighted by Gasteiger charge is -2.23. The largest absolute Gasteiger partial charge is 0.489 e. The first-order valence-electron chi connectivity index (χ1n) is 10.6. The van der Waals surface area contributed by atoms with Crippen molar-refractivity contribution in [1.29, 1.82) is 0 Å². The van der Waals surface area contributed by atoms with Crippen molar-refractivity contribution in [3.8, 4) is 5.75 Å². The number of quaternary nitrogens is 1. The van der Waals surface area contributed by atoms with Crippen molar-refractivity contribution in [1.82, 2.24) is 0 Å². The summed E-state index contributed by atoms with van der Waals surface area (Å²) in [7, 11) is 0. The molecule has 0 saturated heterocycles. The Bertz CT molecular complexity index is 1050. The summed E-state index contributed by atoms with van der Waals surface area (Å²) in [5.74, 6) is 2.32. The molecule has 4 nitrogen and oxygen atoms in total. The molecule has 3 aliphatic rings. The van der Waals surface area contributed by atoms with Gasteiger partial charge in [0.2, 0.25) is 5.70 Å². The molecule has 0 radical (unpaired) electrons. The van der Waals surface area contributed by atoms with E-state index < -0.39 is 0 Å². The second-order valence-corrected chi connectivity index (χ2v) is 8.67. The minimum atomic E-state index is 0.0493. The maximum absolute atomic E-state index is 7.11. The van der Waals surface area contributed by atoms with Crippen molar-refractivity contribution >= 4 is 23.8 Å². The highest BCUT2D eigenvalue weighted by molar-refractivity contribution is 6.20. The van der Waals surface area contributed by atoms with Gasteiger partial charge in [-0.1, -0.05) is 62.1 Å². The van der Waals surface area contributed by atoms with Crippen LogP contribution in [0.1, 0.15) is 43.2 Å². The second-order valence-electron chi connectivity index (χ2n) is 8.14. The minimum absolute atomic E-state index is 0.0493. The molecule has 1 saturated carbocycles. The van der Waals surface area contributed by atoms with Gasteiger partial charge in [0.15, 0.2) is 11.8 Å². The molecule has 2 aromatic rings. The summed E-state index contributed by atoms with van der Waals surface area (Å²) < 4.78 is 6.08. The second kappa shape index (κ2) is 8.21. The van der Waals surface area contributed by atoms with Crippen LogP contribution in [-0.4, -0.2) is 16.1 Å². The van der Waals surface area contributed by atoms with Gasteiger partial charge in [0, 0.05) is 0 Å². The van der Waals surface area contributed by atoms with Crippen LogP contribution in [0.4, 0.5) is 0 Å². The fourth-order valence-electron chi connectivity index (χ4n) is 4.47. The first-order valence-corrected chi connectivity index (χ1v) is 11.0. The van der Waals surface area contributed by atoms with Crippen molar-refractivity contribution in [2.24, 2.45) is 15.9 Å². The predicted octanol–water partition coefficient (Wildman–Crippen LogP) is 6.34. The summed E-state index contributed by atoms with van der Waals surface area (Å²) in [5.41, 5.74) is 4.14. The van der Waals surface area contributed by atoms with E-state index in [1.807, 2.05) is 54.9 Å². The molecule has 2 aromatic carbocycles. The highest BCUT2D eigenvalue weighted by Crippen LogP contribution is 2.41. The Morgan fingerprint density at radius 3 is 2.70 bits per heavy atom. The molecular weight excluding hydrogens is 394 g/mol. The smallest absolute Gasteiger partial charge is 0.263 e. The zero-order valence-electron chi connectivity index (χ0n) is 16.9. The van der Waals surface area contributed by atoms with E-state index in [1.165, 1.54) is 25.7 Å². The van der Waals surface area contributed by atoms with E-state index in [4.69, 9.17) is 21.5 Å². The summed E-state index contributed by atoms with van der Waals surface area (Å²) in [6.45, 7) is 0.528. The van der Waals surface area contributed by atoms with Crippen LogP contribution in [0.5, 0.6) is 5.75 Å². The van der Waals surface area contributed by atoms with Gasteiger partial charge in [-0.3, -0.25) is 4.99 Å². The maximum atomic E-state index is 7.11. The van der Waals surface area contributed by atoms with Crippen LogP contribution in [0.25, 0.3) is 0 Å². The van der Waals surface area contributed by atoms with Gasteiger partial charge in [-0.2, -0.15) is 4.99 Å². The normalized spacial score (nSPS) is 23.0. The number of hydrogen-bond acceptors (Lipinski definition) is 3. The Hall–Kier alpha value is -2.69. The molecule has 5 rings (SSSR count). The van der Waals surface area contributed by atoms with Gasteiger partial charge in [-0.25, -0.2) is 0 Å². The average Bonchev–Trinajstić information content (AvgIpc) is 3.39. The topological polar surface area (TPSA) is 34.0 Å². The van der Waals surface area contributed by atoms with Gasteiger partial charge >= 0.3 is 0 Å². The van der Waals surface area contributed by atoms with Crippen LogP contribution in [0.3, 0.4) is 0 Å². The van der Waals surface area contributed by atoms with E-state index in [1.54, 1.807) is 6.20 Å². The average molecular weight is 419 g/mol. The third kappa shape index (κ3) is 3.73. The number of allylic oxidation sites excluding steroid dienone is 2. The number of halogens is 1. The standard InChI is InChI=1S/C25H25ClN3O/c26-29-14-13-27-17-24(29)23(15-19-7-4-5-8-19)28-25(29)21-11-6-12-22(16-21)30-18-20-9-2-1-3-10-20/h1-3,6,9-14,16-17,19H,4-5,7-8,15,18H2/q+1. The van der Waals surface area contributed by atoms with Crippen LogP contribution < -0.4 is 4.74 Å². The Morgan fingerprint density at radius 1 is 1.03 bits per heavy atom. The summed E-state index contributed by atoms with van der Waals surface area (Å²) in [6.07, 6.45) is 11.7. The van der Waals surface area contributed by atoms with Gasteiger partial charge < -0.3 is 4.74 Å². The fourth-order valence-corrected chi connectivity index (χ4v) is 4.80. The molecule has 152 valence electrons. The Labute approximate surface area is 182 Å². The lowest BCUT2D eigenvalue weighted by Crippen LogP contribution is -2.37. The molecule has 0 bridgehead atoms. The van der Waals surface area contributed by atoms with E-state index in [2.05, 4.69) is 17.1 Å². The fraction of sp³-hybridized carbons (Fsp3) is 0.280. The molecule has 0 aromatic heterocycles. The molecule has 1 atom stereocenters. The van der Waals surface area contributed by atoms with E-state index >= 15 is 0 Å². The molecule has 1 fully saturated rings. The number of amidine groups is 1. The third-order valence-electron chi connectivity index (χ3n) is 6.05. The van der Waals surface area contributed by atoms with Crippen LogP contribution in [0.2, 0.25) is 0 Å². The van der Waals surface area contributed by atoms with Crippen molar-refractivity contribution in [2.75, 3.05) is 0 Å². The van der Waals surface area contributed by atoms with Gasteiger partial charge in [0.25, 0.3) is 5.84 Å². The van der Waals surface area contributed by atoms with E-state index in [0.29, 0.717) is 12.5 Å². The summed E-state index contributed by atoms with van der Waals surface area (Å²) >= 11 is 7.11. The summed E-state index contributed by atoms with van der Waals surface area (Å²) in [6, 6.07) is 18.2. The van der Waals surface area contributed by atoms with E-state index in [0.717, 1.165) is 40.5 Å². The van der Waals surface area contributed by atoms with Crippen molar-refractivity contribution in [3.05, 3.63) is 89.5 Å². The molecular formula is C25H25ClN3O+. The monoisotopic (exact) mass is 418 g/mol. The summed E-state index contributed by atoms with van der Waals surface area (Å²) in [5, 5.41) is 0. The molecule has 2 aliphatic heterocycles. The lowest BCUT2D eigenvalue weighted by atomic mass is 10.0. The van der Waals surface area contributed by atoms with Gasteiger partial charge in [0.05, 0.1) is 18.0 Å². The Morgan fingerprint density at radius 2 is 1.87 bits per heavy atom. The van der Waals surface area contributed by atoms with E-state index in [9.17, 15) is 0 Å². The van der Waals surface area contributed by atoms with Crippen LogP contribution in [-0.2, 0) is 6.61 Å². The van der Waals surface area contributed by atoms with Crippen LogP contribution in [0.15, 0.2) is 88.4 Å². The number of fused-ring (bicyclic) bond motifs is 1. The minimum Gasteiger partial charge on any atom is -0.489 e. The number of ether oxygens (including phenoxy) is 1. The van der Waals surface area contributed by atoms with Crippen LogP contribution in [0, 0.1) is 5.92 Å². The summed E-state index contributed by atoms with van der Waals surface area (Å²) in [4.78, 5) is 9.37. The first kappa shape index (κ1) is 19.3. The molecule has 2 heterocycles. The molecule has 30 heavy (non-hydrogen) atoms. The first-order chi connectivity index (χ1) is 14.7. The Kier molecular flexibility index (Phi) is 5.28. The van der Waals surface area contributed by atoms with Crippen molar-refractivity contribution in [3.63, 3.8) is 0 Å². The number of benzene rings is 2. The van der Waals surface area contributed by atoms with Crippen molar-refractivity contribution < 1.29 is 8.74 Å². The zero-order chi connectivity index (χ0) is 20.4.